The first-order chi connectivity index (χ1) is 9.63. The first-order valence-corrected chi connectivity index (χ1v) is 6.95. The van der Waals surface area contributed by atoms with E-state index in [4.69, 9.17) is 0 Å². The van der Waals surface area contributed by atoms with Gasteiger partial charge in [0, 0.05) is 18.8 Å². The Hall–Kier alpha value is -2.03. The first kappa shape index (κ1) is 16.0. The topological polar surface area (TPSA) is 32.3 Å². The van der Waals surface area contributed by atoms with Gasteiger partial charge in [0.15, 0.2) is 0 Å². The fourth-order valence-electron chi connectivity index (χ4n) is 2.14. The third-order valence-corrected chi connectivity index (χ3v) is 3.21. The SMILES string of the molecule is C=CCN(CC=C)C(=O)CNc1c(C)cccc1CC. The number of nitrogens with one attached hydrogen (secondary N) is 1. The van der Waals surface area contributed by atoms with Crippen LogP contribution >= 0.6 is 0 Å². The Bertz CT molecular complexity index is 470. The smallest absolute Gasteiger partial charge is 0.242 e. The third kappa shape index (κ3) is 4.26. The molecule has 1 aromatic rings. The average Bonchev–Trinajstić information content (AvgIpc) is 2.45. The van der Waals surface area contributed by atoms with Crippen LogP contribution in [-0.2, 0) is 11.2 Å². The van der Waals surface area contributed by atoms with Crippen molar-refractivity contribution in [2.24, 2.45) is 0 Å². The second-order valence-electron chi connectivity index (χ2n) is 4.69. The summed E-state index contributed by atoms with van der Waals surface area (Å²) < 4.78 is 0. The van der Waals surface area contributed by atoms with Gasteiger partial charge in [0.2, 0.25) is 5.91 Å². The summed E-state index contributed by atoms with van der Waals surface area (Å²) >= 11 is 0. The lowest BCUT2D eigenvalue weighted by molar-refractivity contribution is -0.128. The van der Waals surface area contributed by atoms with E-state index >= 15 is 0 Å². The molecule has 0 atom stereocenters. The fourth-order valence-corrected chi connectivity index (χ4v) is 2.14. The number of amides is 1. The third-order valence-electron chi connectivity index (χ3n) is 3.21. The molecule has 0 aliphatic carbocycles. The van der Waals surface area contributed by atoms with Crippen molar-refractivity contribution in [3.8, 4) is 0 Å². The minimum absolute atomic E-state index is 0.0510. The van der Waals surface area contributed by atoms with Crippen LogP contribution in [0, 0.1) is 6.92 Å². The molecule has 1 rings (SSSR count). The zero-order valence-corrected chi connectivity index (χ0v) is 12.5. The lowest BCUT2D eigenvalue weighted by Crippen LogP contribution is -2.36. The Kier molecular flexibility index (Phi) is 6.57. The highest BCUT2D eigenvalue weighted by Crippen LogP contribution is 2.20. The van der Waals surface area contributed by atoms with Crippen LogP contribution < -0.4 is 5.32 Å². The van der Waals surface area contributed by atoms with Gasteiger partial charge in [0.05, 0.1) is 6.54 Å². The molecule has 0 unspecified atom stereocenters. The average molecular weight is 272 g/mol. The van der Waals surface area contributed by atoms with Gasteiger partial charge in [-0.05, 0) is 24.5 Å². The maximum atomic E-state index is 12.2. The molecule has 3 heteroatoms. The van der Waals surface area contributed by atoms with Crippen LogP contribution in [0.5, 0.6) is 0 Å². The van der Waals surface area contributed by atoms with Gasteiger partial charge < -0.3 is 10.2 Å². The van der Waals surface area contributed by atoms with Crippen LogP contribution in [0.15, 0.2) is 43.5 Å². The van der Waals surface area contributed by atoms with Crippen LogP contribution in [0.3, 0.4) is 0 Å². The van der Waals surface area contributed by atoms with Gasteiger partial charge in [0.25, 0.3) is 0 Å². The Morgan fingerprint density at radius 2 is 1.95 bits per heavy atom. The van der Waals surface area contributed by atoms with Crippen molar-refractivity contribution in [3.05, 3.63) is 54.6 Å². The number of anilines is 1. The minimum Gasteiger partial charge on any atom is -0.376 e. The monoisotopic (exact) mass is 272 g/mol. The molecule has 108 valence electrons. The van der Waals surface area contributed by atoms with Crippen LogP contribution in [0.25, 0.3) is 0 Å². The highest BCUT2D eigenvalue weighted by atomic mass is 16.2. The van der Waals surface area contributed by atoms with Gasteiger partial charge in [-0.3, -0.25) is 4.79 Å². The number of aryl methyl sites for hydroxylation is 2. The van der Waals surface area contributed by atoms with Gasteiger partial charge in [0.1, 0.15) is 0 Å². The molecule has 0 heterocycles. The van der Waals surface area contributed by atoms with Crippen LogP contribution in [0.2, 0.25) is 0 Å². The first-order valence-electron chi connectivity index (χ1n) is 6.95. The molecule has 0 aromatic heterocycles. The van der Waals surface area contributed by atoms with E-state index in [1.807, 2.05) is 6.07 Å². The van der Waals surface area contributed by atoms with E-state index in [0.29, 0.717) is 19.6 Å². The highest BCUT2D eigenvalue weighted by Gasteiger charge is 2.11. The summed E-state index contributed by atoms with van der Waals surface area (Å²) in [5, 5.41) is 3.27. The summed E-state index contributed by atoms with van der Waals surface area (Å²) in [6, 6.07) is 6.19. The molecule has 1 amide bonds. The molecule has 0 bridgehead atoms. The molecule has 0 aliphatic rings. The number of hydrogen-bond donors (Lipinski definition) is 1. The Morgan fingerprint density at radius 3 is 2.50 bits per heavy atom. The molecule has 1 aromatic carbocycles. The zero-order valence-electron chi connectivity index (χ0n) is 12.5. The molecule has 0 radical (unpaired) electrons. The predicted molar refractivity (Wildman–Crippen MR) is 86.0 cm³/mol. The molecular formula is C17H24N2O. The maximum Gasteiger partial charge on any atom is 0.242 e. The quantitative estimate of drug-likeness (QED) is 0.737. The zero-order chi connectivity index (χ0) is 15.0. The molecule has 0 fully saturated rings. The van der Waals surface area contributed by atoms with E-state index in [1.54, 1.807) is 17.1 Å². The highest BCUT2D eigenvalue weighted by molar-refractivity contribution is 5.81. The van der Waals surface area contributed by atoms with E-state index < -0.39 is 0 Å². The van der Waals surface area contributed by atoms with E-state index in [0.717, 1.165) is 17.7 Å². The Morgan fingerprint density at radius 1 is 1.30 bits per heavy atom. The lowest BCUT2D eigenvalue weighted by atomic mass is 10.1. The fraction of sp³-hybridized carbons (Fsp3) is 0.353. The second-order valence-corrected chi connectivity index (χ2v) is 4.69. The van der Waals surface area contributed by atoms with Crippen LogP contribution in [0.1, 0.15) is 18.1 Å². The Balaban J connectivity index is 2.73. The van der Waals surface area contributed by atoms with Gasteiger partial charge in [-0.15, -0.1) is 13.2 Å². The number of nitrogens with zero attached hydrogens (tertiary/aromatic N) is 1. The largest absolute Gasteiger partial charge is 0.376 e. The second kappa shape index (κ2) is 8.20. The van der Waals surface area contributed by atoms with E-state index in [-0.39, 0.29) is 5.91 Å². The summed E-state index contributed by atoms with van der Waals surface area (Å²) in [5.41, 5.74) is 3.47. The van der Waals surface area contributed by atoms with Gasteiger partial charge >= 0.3 is 0 Å². The molecule has 3 nitrogen and oxygen atoms in total. The van der Waals surface area contributed by atoms with E-state index in [2.05, 4.69) is 44.5 Å². The molecule has 0 spiro atoms. The maximum absolute atomic E-state index is 12.2. The summed E-state index contributed by atoms with van der Waals surface area (Å²) in [6.07, 6.45) is 4.40. The van der Waals surface area contributed by atoms with Gasteiger partial charge in [-0.25, -0.2) is 0 Å². The summed E-state index contributed by atoms with van der Waals surface area (Å²) in [7, 11) is 0. The van der Waals surface area contributed by atoms with Gasteiger partial charge in [-0.2, -0.15) is 0 Å². The van der Waals surface area contributed by atoms with Crippen molar-refractivity contribution in [2.75, 3.05) is 25.0 Å². The van der Waals surface area contributed by atoms with Crippen LogP contribution in [-0.4, -0.2) is 30.4 Å². The number of carbonyl (C=O) groups is 1. The number of hydrogen-bond acceptors (Lipinski definition) is 2. The summed E-state index contributed by atoms with van der Waals surface area (Å²) in [5.74, 6) is 0.0510. The normalized spacial score (nSPS) is 9.90. The molecule has 0 saturated heterocycles. The molecular weight excluding hydrogens is 248 g/mol. The number of para-hydroxylation sites is 1. The molecule has 0 saturated carbocycles. The van der Waals surface area contributed by atoms with Crippen molar-refractivity contribution in [2.45, 2.75) is 20.3 Å². The Labute approximate surface area is 122 Å². The summed E-state index contributed by atoms with van der Waals surface area (Å²) in [6.45, 7) is 12.9. The van der Waals surface area contributed by atoms with E-state index in [1.165, 1.54) is 5.56 Å². The van der Waals surface area contributed by atoms with Crippen molar-refractivity contribution in [1.29, 1.82) is 0 Å². The number of benzene rings is 1. The van der Waals surface area contributed by atoms with Crippen molar-refractivity contribution < 1.29 is 4.79 Å². The van der Waals surface area contributed by atoms with Crippen molar-refractivity contribution >= 4 is 11.6 Å². The molecule has 20 heavy (non-hydrogen) atoms. The summed E-state index contributed by atoms with van der Waals surface area (Å²) in [4.78, 5) is 13.9. The lowest BCUT2D eigenvalue weighted by Gasteiger charge is -2.21. The number of carbonyl (C=O) groups excluding carboxylic acids is 1. The van der Waals surface area contributed by atoms with Gasteiger partial charge in [-0.1, -0.05) is 37.3 Å². The van der Waals surface area contributed by atoms with Crippen LogP contribution in [0.4, 0.5) is 5.69 Å². The standard InChI is InChI=1S/C17H24N2O/c1-5-11-19(12-6-2)16(20)13-18-17-14(4)9-8-10-15(17)7-3/h5-6,8-10,18H,1-2,7,11-13H2,3-4H3. The number of rotatable bonds is 8. The van der Waals surface area contributed by atoms with Crippen molar-refractivity contribution in [1.82, 2.24) is 4.90 Å². The molecule has 0 aliphatic heterocycles. The molecule has 1 N–H and O–H groups in total. The van der Waals surface area contributed by atoms with Crippen molar-refractivity contribution in [3.63, 3.8) is 0 Å². The minimum atomic E-state index is 0.0510. The predicted octanol–water partition coefficient (Wildman–Crippen LogP) is 3.17. The van der Waals surface area contributed by atoms with E-state index in [9.17, 15) is 4.79 Å².